The fourth-order valence-electron chi connectivity index (χ4n) is 11.7. The van der Waals surface area contributed by atoms with Gasteiger partial charge in [0, 0.05) is 74.5 Å². The molecule has 9 N–H and O–H groups in total. The first kappa shape index (κ1) is 64.2. The Bertz CT molecular complexity index is 3640. The Morgan fingerprint density at radius 2 is 1.72 bits per heavy atom. The maximum Gasteiger partial charge on any atom is 0.396 e. The number of fused-ring (bicyclic) bond motifs is 2. The van der Waals surface area contributed by atoms with Crippen LogP contribution in [0.25, 0.3) is 21.3 Å². The molecule has 468 valence electrons. The van der Waals surface area contributed by atoms with Crippen LogP contribution in [0.3, 0.4) is 0 Å². The van der Waals surface area contributed by atoms with E-state index < -0.39 is 79.0 Å². The number of carbonyl (C=O) groups excluding carboxylic acids is 8. The lowest BCUT2D eigenvalue weighted by Gasteiger charge is -2.38. The summed E-state index contributed by atoms with van der Waals surface area (Å²) in [7, 11) is -5.09. The fraction of sp³-hybridized carbons (Fsp3) is 0.443. The van der Waals surface area contributed by atoms with Crippen LogP contribution in [0.4, 0.5) is 0 Å². The van der Waals surface area contributed by atoms with E-state index in [1.165, 1.54) is 45.9 Å². The van der Waals surface area contributed by atoms with Crippen molar-refractivity contribution in [3.63, 3.8) is 0 Å². The van der Waals surface area contributed by atoms with Gasteiger partial charge in [-0.3, -0.25) is 42.9 Å². The molecule has 0 spiro atoms. The average molecular weight is 1250 g/mol. The maximum atomic E-state index is 14.6. The number of aliphatic hydroxyl groups excluding tert-OH is 1. The van der Waals surface area contributed by atoms with Crippen molar-refractivity contribution in [2.75, 3.05) is 32.8 Å². The number of nitrogens with zero attached hydrogens (tertiary/aromatic N) is 5. The Morgan fingerprint density at radius 1 is 0.943 bits per heavy atom. The predicted octanol–water partition coefficient (Wildman–Crippen LogP) is 4.78. The second-order valence-corrected chi connectivity index (χ2v) is 25.3. The number of rotatable bonds is 24. The van der Waals surface area contributed by atoms with Gasteiger partial charge in [-0.15, -0.1) is 11.3 Å². The number of nitrogens with two attached hydrogens (primary N) is 1. The molecule has 25 nitrogen and oxygen atoms in total. The molecule has 0 aliphatic carbocycles. The van der Waals surface area contributed by atoms with E-state index in [0.717, 1.165) is 32.8 Å². The van der Waals surface area contributed by atoms with E-state index in [9.17, 15) is 57.8 Å². The number of amides is 7. The number of thiazole rings is 1. The number of aromatic amines is 1. The highest BCUT2D eigenvalue weighted by molar-refractivity contribution is 7.70. The molecule has 7 atom stereocenters. The van der Waals surface area contributed by atoms with Crippen molar-refractivity contribution in [1.29, 1.82) is 0 Å². The monoisotopic (exact) mass is 1250 g/mol. The number of aliphatic hydroxyl groups is 1. The van der Waals surface area contributed by atoms with Crippen LogP contribution in [0.1, 0.15) is 121 Å². The van der Waals surface area contributed by atoms with Crippen LogP contribution in [0.5, 0.6) is 11.6 Å². The van der Waals surface area contributed by atoms with E-state index in [-0.39, 0.29) is 112 Å². The van der Waals surface area contributed by atoms with Gasteiger partial charge >= 0.3 is 7.60 Å². The molecule has 27 heteroatoms. The second-order valence-electron chi connectivity index (χ2n) is 23.0. The highest BCUT2D eigenvalue weighted by atomic mass is 32.1. The Balaban J connectivity index is 0.785. The Hall–Kier alpha value is -8.29. The highest BCUT2D eigenvalue weighted by Gasteiger charge is 2.47. The summed E-state index contributed by atoms with van der Waals surface area (Å²) >= 11 is 1.56. The molecule has 3 aromatic carbocycles. The number of benzene rings is 3. The molecule has 0 radical (unpaired) electrons. The molecule has 3 fully saturated rings. The van der Waals surface area contributed by atoms with Crippen LogP contribution in [0.2, 0.25) is 0 Å². The third-order valence-corrected chi connectivity index (χ3v) is 18.2. The molecule has 6 aromatic rings. The normalized spacial score (nSPS) is 19.4. The number of primary amides is 1. The van der Waals surface area contributed by atoms with Crippen LogP contribution in [-0.2, 0) is 46.3 Å². The number of likely N-dealkylation sites (tertiary alicyclic amines) is 1. The van der Waals surface area contributed by atoms with E-state index in [1.54, 1.807) is 29.0 Å². The van der Waals surface area contributed by atoms with E-state index in [4.69, 9.17) is 19.7 Å². The maximum absolute atomic E-state index is 14.6. The summed E-state index contributed by atoms with van der Waals surface area (Å²) in [4.78, 5) is 139. The topological polar surface area (TPSA) is 359 Å². The van der Waals surface area contributed by atoms with E-state index in [1.807, 2.05) is 64.1 Å². The van der Waals surface area contributed by atoms with Gasteiger partial charge in [0.25, 0.3) is 17.3 Å². The Labute approximate surface area is 511 Å². The molecule has 6 heterocycles. The molecular weight excluding hydrogens is 1180 g/mol. The van der Waals surface area contributed by atoms with Crippen molar-refractivity contribution in [3.8, 4) is 22.1 Å². The summed E-state index contributed by atoms with van der Waals surface area (Å²) in [6.45, 7) is 9.38. The number of carbonyl (C=O) groups is 8. The third kappa shape index (κ3) is 15.2. The van der Waals surface area contributed by atoms with Crippen molar-refractivity contribution >= 4 is 76.7 Å². The Kier molecular flexibility index (Phi) is 20.3. The predicted molar refractivity (Wildman–Crippen MR) is 322 cm³/mol. The van der Waals surface area contributed by atoms with E-state index in [2.05, 4.69) is 31.1 Å². The zero-order valence-electron chi connectivity index (χ0n) is 49.4. The lowest BCUT2D eigenvalue weighted by Crippen LogP contribution is -2.61. The standard InChI is InChI=1S/C61H73N10O15PS/c1-33(2)54(60(79)70-29-44(73)26-49(70)57(76)63-28-37-11-13-39(14-12-37)55-35(4)64-32-88-55)51-27-53(68-86-51)84-23-7-9-38-8-6-10-50(34(38)3)85-31-42(16-20-52(62)74)65-58(77)48-19-17-43-21-22-69(36(5)72)30-47(59(78)71(43)48)67-56(75)46-25-41-24-40(15-18-45(41)66-46)61(80)87(81,82)83/h6,8,10-15,18,24-25,27,32-33,42-44,47-49,54,66,73H,7,9,16-17,19-23,26,28-31H2,1-5H3,(H2,62,74)(H,63,76)(H,65,77)(H,67,75)(H2,81,82,83)/t42-,43+,44+,47-,48-,49-,54-/m0/s1. The number of aromatic nitrogens is 3. The first-order valence-electron chi connectivity index (χ1n) is 29.2. The average Bonchev–Trinajstić information content (AvgIpc) is 2.85. The summed E-state index contributed by atoms with van der Waals surface area (Å²) in [5.41, 5.74) is 10.7. The van der Waals surface area contributed by atoms with Crippen molar-refractivity contribution < 1.29 is 71.8 Å². The second kappa shape index (κ2) is 27.8. The number of aryl methyl sites for hydroxylation is 2. The highest BCUT2D eigenvalue weighted by Crippen LogP contribution is 2.40. The van der Waals surface area contributed by atoms with Gasteiger partial charge in [-0.2, -0.15) is 0 Å². The summed E-state index contributed by atoms with van der Waals surface area (Å²) in [6, 6.07) is 15.8. The van der Waals surface area contributed by atoms with Gasteiger partial charge < -0.3 is 70.3 Å². The largest absolute Gasteiger partial charge is 0.491 e. The molecule has 3 aliphatic rings. The van der Waals surface area contributed by atoms with Gasteiger partial charge in [-0.05, 0) is 116 Å². The quantitative estimate of drug-likeness (QED) is 0.0298. The van der Waals surface area contributed by atoms with Crippen LogP contribution in [0, 0.1) is 19.8 Å². The summed E-state index contributed by atoms with van der Waals surface area (Å²) in [5, 5.41) is 23.8. The number of ether oxygens (including phenoxy) is 2. The molecular formula is C61H73N10O15PS. The van der Waals surface area contributed by atoms with E-state index >= 15 is 0 Å². The number of hydrogen-bond acceptors (Lipinski definition) is 16. The van der Waals surface area contributed by atoms with Crippen molar-refractivity contribution in [2.45, 2.75) is 135 Å². The van der Waals surface area contributed by atoms with Gasteiger partial charge in [0.05, 0.1) is 34.8 Å². The molecule has 3 aromatic heterocycles. The summed E-state index contributed by atoms with van der Waals surface area (Å²) < 4.78 is 29.7. The van der Waals surface area contributed by atoms with E-state index in [0.29, 0.717) is 42.3 Å². The van der Waals surface area contributed by atoms with Crippen LogP contribution in [-0.4, -0.2) is 161 Å². The third-order valence-electron chi connectivity index (χ3n) is 16.4. The first-order valence-corrected chi connectivity index (χ1v) is 31.7. The van der Waals surface area contributed by atoms with Gasteiger partial charge in [-0.25, -0.2) is 4.98 Å². The van der Waals surface area contributed by atoms with Crippen molar-refractivity contribution in [3.05, 3.63) is 118 Å². The van der Waals surface area contributed by atoms with Crippen LogP contribution >= 0.6 is 18.9 Å². The molecule has 3 aliphatic heterocycles. The molecule has 7 amide bonds. The number of β-amino-alcohol motifs (C(OH)–C–C–N with tert-alkyl or cyclic N) is 1. The summed E-state index contributed by atoms with van der Waals surface area (Å²) in [6.07, 6.45) is 1.41. The number of nitrogens with one attached hydrogen (secondary N) is 4. The lowest BCUT2D eigenvalue weighted by molar-refractivity contribution is -0.145. The van der Waals surface area contributed by atoms with Crippen LogP contribution in [0.15, 0.2) is 82.8 Å². The smallest absolute Gasteiger partial charge is 0.396 e. The molecule has 9 rings (SSSR count). The number of hydrogen-bond donors (Lipinski definition) is 8. The molecule has 0 unspecified atom stereocenters. The van der Waals surface area contributed by atoms with Gasteiger partial charge in [0.2, 0.25) is 35.4 Å². The van der Waals surface area contributed by atoms with Crippen molar-refractivity contribution in [2.24, 2.45) is 11.7 Å². The zero-order valence-corrected chi connectivity index (χ0v) is 51.1. The number of H-pyrrole nitrogens is 1. The van der Waals surface area contributed by atoms with Gasteiger partial charge in [-0.1, -0.05) is 50.2 Å². The minimum Gasteiger partial charge on any atom is -0.491 e. The minimum atomic E-state index is -5.09. The fourth-order valence-corrected chi connectivity index (χ4v) is 13.0. The van der Waals surface area contributed by atoms with Crippen molar-refractivity contribution in [1.82, 2.24) is 45.8 Å². The first-order chi connectivity index (χ1) is 41.9. The van der Waals surface area contributed by atoms with Crippen LogP contribution < -0.4 is 31.2 Å². The molecule has 0 saturated carbocycles. The molecule has 88 heavy (non-hydrogen) atoms. The van der Waals surface area contributed by atoms with Gasteiger partial charge in [0.15, 0.2) is 5.76 Å². The summed E-state index contributed by atoms with van der Waals surface area (Å²) in [5.74, 6) is -3.62. The SMILES string of the molecule is CC(=O)N1CC[C@H]2CC[C@@H](C(=O)N[C@@H](CCC(N)=O)COc3cccc(CCCOc4cc([C@@H](C(=O)N5C[C@H](O)C[C@H]5C(=O)NCc5ccc(-c6scnc6C)cc5)C(C)C)on4)c3C)N2C(=O)[C@@H](NC(=O)c2cc3cc(C(=O)P(=O)(O)O)ccc3[nH]2)C1. The molecule has 3 saturated heterocycles. The lowest BCUT2D eigenvalue weighted by atomic mass is 9.91. The zero-order chi connectivity index (χ0) is 63.1. The van der Waals surface area contributed by atoms with Gasteiger partial charge in [0.1, 0.15) is 42.1 Å². The minimum absolute atomic E-state index is 0.0128. The molecule has 0 bridgehead atoms. The Morgan fingerprint density at radius 3 is 2.42 bits per heavy atom.